The van der Waals surface area contributed by atoms with Crippen molar-refractivity contribution in [3.05, 3.63) is 51.2 Å². The molecule has 1 aromatic heterocycles. The highest BCUT2D eigenvalue weighted by Gasteiger charge is 2.15. The quantitative estimate of drug-likeness (QED) is 0.908. The number of aromatic nitrogens is 1. The molecule has 2 N–H and O–H groups in total. The zero-order chi connectivity index (χ0) is 12.4. The van der Waals surface area contributed by atoms with Gasteiger partial charge in [-0.05, 0) is 31.0 Å². The lowest BCUT2D eigenvalue weighted by molar-refractivity contribution is 0.623. The van der Waals surface area contributed by atoms with Crippen molar-refractivity contribution in [3.8, 4) is 0 Å². The van der Waals surface area contributed by atoms with Crippen LogP contribution >= 0.6 is 11.3 Å². The van der Waals surface area contributed by atoms with Crippen molar-refractivity contribution in [3.63, 3.8) is 0 Å². The number of halogens is 1. The van der Waals surface area contributed by atoms with Gasteiger partial charge in [0.25, 0.3) is 0 Å². The van der Waals surface area contributed by atoms with Crippen molar-refractivity contribution in [1.29, 1.82) is 0 Å². The summed E-state index contributed by atoms with van der Waals surface area (Å²) in [6.45, 7) is 4.11. The molecule has 4 heteroatoms. The first-order valence-electron chi connectivity index (χ1n) is 5.59. The van der Waals surface area contributed by atoms with Crippen molar-refractivity contribution in [2.75, 3.05) is 0 Å². The first kappa shape index (κ1) is 12.2. The van der Waals surface area contributed by atoms with Gasteiger partial charge in [0, 0.05) is 4.88 Å². The van der Waals surface area contributed by atoms with Crippen LogP contribution in [-0.2, 0) is 6.42 Å². The Hall–Kier alpha value is -1.26. The minimum absolute atomic E-state index is 0.262. The normalized spacial score (nSPS) is 12.7. The van der Waals surface area contributed by atoms with Crippen LogP contribution in [0.5, 0.6) is 0 Å². The van der Waals surface area contributed by atoms with E-state index in [1.807, 2.05) is 13.0 Å². The second kappa shape index (κ2) is 4.94. The first-order chi connectivity index (χ1) is 8.11. The number of hydrogen-bond acceptors (Lipinski definition) is 3. The van der Waals surface area contributed by atoms with E-state index in [4.69, 9.17) is 5.73 Å². The molecule has 0 aliphatic carbocycles. The number of nitrogens with two attached hydrogens (primary N) is 1. The first-order valence-corrected chi connectivity index (χ1v) is 6.40. The predicted molar refractivity (Wildman–Crippen MR) is 68.7 cm³/mol. The highest BCUT2D eigenvalue weighted by Crippen LogP contribution is 2.26. The minimum atomic E-state index is -0.338. The molecule has 1 aromatic carbocycles. The zero-order valence-electron chi connectivity index (χ0n) is 9.90. The van der Waals surface area contributed by atoms with Crippen LogP contribution in [0.3, 0.4) is 0 Å². The average molecular weight is 250 g/mol. The number of thiazole rings is 1. The third-order valence-corrected chi connectivity index (χ3v) is 3.81. The Labute approximate surface area is 104 Å². The molecule has 17 heavy (non-hydrogen) atoms. The summed E-state index contributed by atoms with van der Waals surface area (Å²) in [5.41, 5.74) is 7.95. The van der Waals surface area contributed by atoms with Gasteiger partial charge in [-0.3, -0.25) is 0 Å². The van der Waals surface area contributed by atoms with Gasteiger partial charge in [-0.25, -0.2) is 9.37 Å². The molecule has 0 amide bonds. The fourth-order valence-corrected chi connectivity index (χ4v) is 2.79. The number of rotatable bonds is 3. The van der Waals surface area contributed by atoms with E-state index >= 15 is 0 Å². The molecule has 0 radical (unpaired) electrons. The van der Waals surface area contributed by atoms with Gasteiger partial charge in [-0.15, -0.1) is 11.3 Å². The van der Waals surface area contributed by atoms with Gasteiger partial charge < -0.3 is 5.73 Å². The summed E-state index contributed by atoms with van der Waals surface area (Å²) < 4.78 is 13.1. The van der Waals surface area contributed by atoms with Crippen LogP contribution in [0.2, 0.25) is 0 Å². The van der Waals surface area contributed by atoms with Crippen LogP contribution in [0.4, 0.5) is 4.39 Å². The minimum Gasteiger partial charge on any atom is -0.318 e. The molecule has 1 heterocycles. The Morgan fingerprint density at radius 1 is 1.47 bits per heavy atom. The van der Waals surface area contributed by atoms with Gasteiger partial charge >= 0.3 is 0 Å². The summed E-state index contributed by atoms with van der Waals surface area (Å²) in [6.07, 6.45) is 0.901. The molecule has 0 aliphatic heterocycles. The molecule has 0 spiro atoms. The summed E-state index contributed by atoms with van der Waals surface area (Å²) in [5.74, 6) is -0.262. The van der Waals surface area contributed by atoms with Crippen molar-refractivity contribution in [2.24, 2.45) is 5.73 Å². The van der Waals surface area contributed by atoms with Gasteiger partial charge in [-0.1, -0.05) is 19.1 Å². The van der Waals surface area contributed by atoms with E-state index in [0.29, 0.717) is 0 Å². The molecule has 0 saturated heterocycles. The van der Waals surface area contributed by atoms with Crippen LogP contribution in [0, 0.1) is 12.7 Å². The Kier molecular flexibility index (Phi) is 3.54. The summed E-state index contributed by atoms with van der Waals surface area (Å²) in [6, 6.07) is 6.05. The Morgan fingerprint density at radius 2 is 2.24 bits per heavy atom. The average Bonchev–Trinajstić information content (AvgIpc) is 2.69. The third-order valence-electron chi connectivity index (χ3n) is 2.72. The number of aryl methyl sites for hydroxylation is 2. The molecule has 0 saturated carbocycles. The molecular formula is C13H15FN2S. The van der Waals surface area contributed by atoms with E-state index in [9.17, 15) is 4.39 Å². The lowest BCUT2D eigenvalue weighted by Crippen LogP contribution is -2.11. The largest absolute Gasteiger partial charge is 0.318 e. The molecule has 2 aromatic rings. The molecule has 1 atom stereocenters. The molecule has 90 valence electrons. The Morgan fingerprint density at radius 3 is 2.82 bits per heavy atom. The third kappa shape index (κ3) is 2.53. The second-order valence-electron chi connectivity index (χ2n) is 3.94. The van der Waals surface area contributed by atoms with E-state index < -0.39 is 0 Å². The van der Waals surface area contributed by atoms with E-state index in [1.54, 1.807) is 17.4 Å². The Bertz CT molecular complexity index is 522. The molecule has 1 unspecified atom stereocenters. The van der Waals surface area contributed by atoms with Crippen LogP contribution < -0.4 is 5.73 Å². The van der Waals surface area contributed by atoms with Crippen molar-refractivity contribution < 1.29 is 4.39 Å². The zero-order valence-corrected chi connectivity index (χ0v) is 10.7. The lowest BCUT2D eigenvalue weighted by Gasteiger charge is -2.08. The maximum Gasteiger partial charge on any atom is 0.123 e. The fourth-order valence-electron chi connectivity index (χ4n) is 1.75. The molecule has 0 bridgehead atoms. The fraction of sp³-hybridized carbons (Fsp3) is 0.308. The highest BCUT2D eigenvalue weighted by atomic mass is 32.1. The van der Waals surface area contributed by atoms with Gasteiger partial charge in [0.15, 0.2) is 0 Å². The van der Waals surface area contributed by atoms with Crippen molar-refractivity contribution in [2.45, 2.75) is 26.3 Å². The lowest BCUT2D eigenvalue weighted by atomic mass is 10.1. The maximum atomic E-state index is 13.1. The SMILES string of the molecule is CCc1nc(C(N)c2cccc(F)c2)sc1C. The van der Waals surface area contributed by atoms with E-state index in [2.05, 4.69) is 11.9 Å². The molecule has 0 aliphatic rings. The number of hydrogen-bond donors (Lipinski definition) is 1. The van der Waals surface area contributed by atoms with Gasteiger partial charge in [0.1, 0.15) is 10.8 Å². The van der Waals surface area contributed by atoms with Crippen LogP contribution in [0.25, 0.3) is 0 Å². The summed E-state index contributed by atoms with van der Waals surface area (Å²) in [4.78, 5) is 5.69. The summed E-state index contributed by atoms with van der Waals surface area (Å²) in [7, 11) is 0. The van der Waals surface area contributed by atoms with Crippen molar-refractivity contribution >= 4 is 11.3 Å². The van der Waals surface area contributed by atoms with Gasteiger partial charge in [-0.2, -0.15) is 0 Å². The predicted octanol–water partition coefficient (Wildman–Crippen LogP) is 3.20. The topological polar surface area (TPSA) is 38.9 Å². The number of benzene rings is 1. The van der Waals surface area contributed by atoms with Crippen LogP contribution in [0.15, 0.2) is 24.3 Å². The highest BCUT2D eigenvalue weighted by molar-refractivity contribution is 7.11. The molecular weight excluding hydrogens is 235 g/mol. The monoisotopic (exact) mass is 250 g/mol. The van der Waals surface area contributed by atoms with E-state index in [1.165, 1.54) is 17.0 Å². The van der Waals surface area contributed by atoms with E-state index in [0.717, 1.165) is 22.7 Å². The van der Waals surface area contributed by atoms with E-state index in [-0.39, 0.29) is 11.9 Å². The smallest absolute Gasteiger partial charge is 0.123 e. The van der Waals surface area contributed by atoms with Gasteiger partial charge in [0.2, 0.25) is 0 Å². The van der Waals surface area contributed by atoms with Gasteiger partial charge in [0.05, 0.1) is 11.7 Å². The standard InChI is InChI=1S/C13H15FN2S/c1-3-11-8(2)17-13(16-11)12(15)9-5-4-6-10(14)7-9/h4-7,12H,3,15H2,1-2H3. The Balaban J connectivity index is 2.33. The van der Waals surface area contributed by atoms with Crippen LogP contribution in [-0.4, -0.2) is 4.98 Å². The second-order valence-corrected chi connectivity index (χ2v) is 5.18. The van der Waals surface area contributed by atoms with Crippen molar-refractivity contribution in [1.82, 2.24) is 4.98 Å². The molecule has 2 rings (SSSR count). The molecule has 0 fully saturated rings. The van der Waals surface area contributed by atoms with Crippen LogP contribution in [0.1, 0.15) is 34.1 Å². The number of nitrogens with zero attached hydrogens (tertiary/aromatic N) is 1. The summed E-state index contributed by atoms with van der Waals surface area (Å²) >= 11 is 1.59. The maximum absolute atomic E-state index is 13.1. The summed E-state index contributed by atoms with van der Waals surface area (Å²) in [5, 5.41) is 0.852. The molecule has 2 nitrogen and oxygen atoms in total.